The van der Waals surface area contributed by atoms with Gasteiger partial charge in [0.15, 0.2) is 12.0 Å². The van der Waals surface area contributed by atoms with E-state index in [1.807, 2.05) is 19.1 Å². The lowest BCUT2D eigenvalue weighted by Gasteiger charge is -2.16. The number of hydrogen-bond acceptors (Lipinski definition) is 3. The standard InChI is InChI=1S/C21H31FO4/c1-3-4-6-9-16(23)12-13-17-15(2)14-20(24)18(17)10-7-5-8-11-19(22)21(25)26/h5,7,12-13,15,17-19H,3-4,6,8-11,14H2,1-2H3,(H,25,26)/t15-,17+,18-,19?/m1/s1. The summed E-state index contributed by atoms with van der Waals surface area (Å²) in [5.41, 5.74) is 0. The number of Topliss-reactive ketones (excluding diaryl/α,β-unsaturated/α-hetero) is 1. The maximum absolute atomic E-state index is 13.0. The molecule has 0 bridgehead atoms. The first-order valence-corrected chi connectivity index (χ1v) is 9.62. The number of hydrogen-bond donors (Lipinski definition) is 1. The first kappa shape index (κ1) is 22.3. The molecular formula is C21H31FO4. The first-order chi connectivity index (χ1) is 12.4. The quantitative estimate of drug-likeness (QED) is 0.309. The molecule has 0 aromatic rings. The molecular weight excluding hydrogens is 335 g/mol. The molecule has 1 saturated carbocycles. The number of carbonyl (C=O) groups excluding carboxylic acids is 2. The Hall–Kier alpha value is -1.78. The molecule has 0 heterocycles. The normalized spacial score (nSPS) is 24.6. The molecule has 1 aliphatic carbocycles. The molecule has 0 aliphatic heterocycles. The fourth-order valence-corrected chi connectivity index (χ4v) is 3.41. The summed E-state index contributed by atoms with van der Waals surface area (Å²) in [4.78, 5) is 34.6. The van der Waals surface area contributed by atoms with E-state index in [-0.39, 0.29) is 35.7 Å². The molecule has 0 aromatic carbocycles. The molecule has 1 rings (SSSR count). The highest BCUT2D eigenvalue weighted by molar-refractivity contribution is 5.90. The van der Waals surface area contributed by atoms with E-state index in [1.165, 1.54) is 0 Å². The van der Waals surface area contributed by atoms with Gasteiger partial charge in [0.25, 0.3) is 0 Å². The molecule has 1 fully saturated rings. The minimum absolute atomic E-state index is 0.0511. The van der Waals surface area contributed by atoms with Gasteiger partial charge in [-0.2, -0.15) is 0 Å². The van der Waals surface area contributed by atoms with Crippen molar-refractivity contribution >= 4 is 17.5 Å². The number of unbranched alkanes of at least 4 members (excludes halogenated alkanes) is 2. The molecule has 4 atom stereocenters. The number of carbonyl (C=O) groups is 3. The highest BCUT2D eigenvalue weighted by Gasteiger charge is 2.37. The van der Waals surface area contributed by atoms with Crippen molar-refractivity contribution in [2.45, 2.75) is 71.4 Å². The van der Waals surface area contributed by atoms with Crippen LogP contribution >= 0.6 is 0 Å². The number of carboxylic acid groups (broad SMARTS) is 1. The van der Waals surface area contributed by atoms with E-state index in [4.69, 9.17) is 5.11 Å². The summed E-state index contributed by atoms with van der Waals surface area (Å²) < 4.78 is 13.0. The molecule has 4 nitrogen and oxygen atoms in total. The molecule has 0 aromatic heterocycles. The van der Waals surface area contributed by atoms with Gasteiger partial charge in [-0.25, -0.2) is 9.18 Å². The van der Waals surface area contributed by atoms with E-state index in [9.17, 15) is 18.8 Å². The van der Waals surface area contributed by atoms with E-state index in [1.54, 1.807) is 12.2 Å². The second-order valence-electron chi connectivity index (χ2n) is 7.20. The lowest BCUT2D eigenvalue weighted by molar-refractivity contribution is -0.143. The predicted octanol–water partition coefficient (Wildman–Crippen LogP) is 4.68. The zero-order valence-electron chi connectivity index (χ0n) is 15.8. The number of carboxylic acids is 1. The lowest BCUT2D eigenvalue weighted by Crippen LogP contribution is -2.15. The minimum Gasteiger partial charge on any atom is -0.479 e. The average molecular weight is 366 g/mol. The van der Waals surface area contributed by atoms with Gasteiger partial charge in [-0.15, -0.1) is 0 Å². The van der Waals surface area contributed by atoms with Gasteiger partial charge in [-0.1, -0.05) is 44.9 Å². The van der Waals surface area contributed by atoms with Crippen LogP contribution < -0.4 is 0 Å². The van der Waals surface area contributed by atoms with Gasteiger partial charge in [0.05, 0.1) is 0 Å². The number of aliphatic carboxylic acids is 1. The van der Waals surface area contributed by atoms with Crippen LogP contribution in [-0.2, 0) is 14.4 Å². The first-order valence-electron chi connectivity index (χ1n) is 9.62. The van der Waals surface area contributed by atoms with Crippen molar-refractivity contribution in [2.75, 3.05) is 0 Å². The van der Waals surface area contributed by atoms with Crippen LogP contribution in [0.2, 0.25) is 0 Å². The summed E-state index contributed by atoms with van der Waals surface area (Å²) in [7, 11) is 0. The molecule has 1 unspecified atom stereocenters. The fourth-order valence-electron chi connectivity index (χ4n) is 3.41. The Bertz CT molecular complexity index is 538. The van der Waals surface area contributed by atoms with E-state index in [2.05, 4.69) is 6.92 Å². The molecule has 0 saturated heterocycles. The van der Waals surface area contributed by atoms with E-state index >= 15 is 0 Å². The highest BCUT2D eigenvalue weighted by atomic mass is 19.1. The van der Waals surface area contributed by atoms with Crippen molar-refractivity contribution in [1.29, 1.82) is 0 Å². The number of rotatable bonds is 12. The van der Waals surface area contributed by atoms with Crippen molar-refractivity contribution < 1.29 is 23.9 Å². The third-order valence-corrected chi connectivity index (χ3v) is 5.00. The van der Waals surface area contributed by atoms with Crippen LogP contribution in [-0.4, -0.2) is 28.8 Å². The third-order valence-electron chi connectivity index (χ3n) is 5.00. The average Bonchev–Trinajstić information content (AvgIpc) is 2.85. The molecule has 0 radical (unpaired) electrons. The molecule has 0 spiro atoms. The van der Waals surface area contributed by atoms with Crippen LogP contribution in [0.3, 0.4) is 0 Å². The monoisotopic (exact) mass is 366 g/mol. The van der Waals surface area contributed by atoms with E-state index in [0.29, 0.717) is 25.7 Å². The Balaban J connectivity index is 2.52. The second-order valence-corrected chi connectivity index (χ2v) is 7.20. The number of halogens is 1. The zero-order valence-corrected chi connectivity index (χ0v) is 15.8. The van der Waals surface area contributed by atoms with Gasteiger partial charge < -0.3 is 5.11 Å². The molecule has 1 aliphatic rings. The fraction of sp³-hybridized carbons (Fsp3) is 0.667. The van der Waals surface area contributed by atoms with Crippen LogP contribution in [0.15, 0.2) is 24.3 Å². The number of ketones is 2. The maximum atomic E-state index is 13.0. The van der Waals surface area contributed by atoms with Crippen LogP contribution in [0.4, 0.5) is 4.39 Å². The van der Waals surface area contributed by atoms with Crippen molar-refractivity contribution in [1.82, 2.24) is 0 Å². The number of alkyl halides is 1. The third kappa shape index (κ3) is 7.63. The lowest BCUT2D eigenvalue weighted by atomic mass is 9.87. The Morgan fingerprint density at radius 2 is 2.04 bits per heavy atom. The van der Waals surface area contributed by atoms with Gasteiger partial charge in [-0.05, 0) is 43.6 Å². The zero-order chi connectivity index (χ0) is 19.5. The molecule has 0 amide bonds. The maximum Gasteiger partial charge on any atom is 0.338 e. The van der Waals surface area contributed by atoms with E-state index in [0.717, 1.165) is 19.3 Å². The predicted molar refractivity (Wildman–Crippen MR) is 99.6 cm³/mol. The van der Waals surface area contributed by atoms with Gasteiger partial charge in [0.2, 0.25) is 0 Å². The highest BCUT2D eigenvalue weighted by Crippen LogP contribution is 2.37. The summed E-state index contributed by atoms with van der Waals surface area (Å²) in [6, 6.07) is 0. The van der Waals surface area contributed by atoms with Crippen molar-refractivity contribution in [3.05, 3.63) is 24.3 Å². The Morgan fingerprint density at radius 3 is 2.69 bits per heavy atom. The second kappa shape index (κ2) is 11.8. The largest absolute Gasteiger partial charge is 0.479 e. The summed E-state index contributed by atoms with van der Waals surface area (Å²) in [6.07, 6.45) is 10.2. The summed E-state index contributed by atoms with van der Waals surface area (Å²) in [6.45, 7) is 4.12. The summed E-state index contributed by atoms with van der Waals surface area (Å²) in [5, 5.41) is 8.50. The van der Waals surface area contributed by atoms with Gasteiger partial charge >= 0.3 is 5.97 Å². The van der Waals surface area contributed by atoms with Crippen molar-refractivity contribution in [3.63, 3.8) is 0 Å². The van der Waals surface area contributed by atoms with Crippen LogP contribution in [0.5, 0.6) is 0 Å². The SMILES string of the molecule is CCCCCC(=O)C=C[C@H]1[C@H](C)CC(=O)[C@@H]1CC=CCCC(F)C(=O)O. The Labute approximate surface area is 155 Å². The van der Waals surface area contributed by atoms with Crippen LogP contribution in [0.25, 0.3) is 0 Å². The van der Waals surface area contributed by atoms with E-state index < -0.39 is 12.1 Å². The molecule has 146 valence electrons. The summed E-state index contributed by atoms with van der Waals surface area (Å²) in [5.74, 6) is -1.02. The van der Waals surface area contributed by atoms with Crippen molar-refractivity contribution in [2.24, 2.45) is 17.8 Å². The van der Waals surface area contributed by atoms with Gasteiger partial charge in [-0.3, -0.25) is 9.59 Å². The molecule has 5 heteroatoms. The van der Waals surface area contributed by atoms with Gasteiger partial charge in [0.1, 0.15) is 5.78 Å². The van der Waals surface area contributed by atoms with Crippen LogP contribution in [0.1, 0.15) is 65.2 Å². The smallest absolute Gasteiger partial charge is 0.338 e. The molecule has 1 N–H and O–H groups in total. The Kier molecular flexibility index (Phi) is 10.1. The summed E-state index contributed by atoms with van der Waals surface area (Å²) >= 11 is 0. The van der Waals surface area contributed by atoms with Crippen molar-refractivity contribution in [3.8, 4) is 0 Å². The van der Waals surface area contributed by atoms with Gasteiger partial charge in [0, 0.05) is 18.8 Å². The minimum atomic E-state index is -1.85. The number of allylic oxidation sites excluding steroid dienone is 4. The topological polar surface area (TPSA) is 71.4 Å². The molecule has 26 heavy (non-hydrogen) atoms. The Morgan fingerprint density at radius 1 is 1.31 bits per heavy atom. The van der Waals surface area contributed by atoms with Crippen LogP contribution in [0, 0.1) is 17.8 Å².